The molecule has 0 fully saturated rings. The molecule has 4 aromatic carbocycles. The first-order valence-electron chi connectivity index (χ1n) is 13.7. The predicted molar refractivity (Wildman–Crippen MR) is 165 cm³/mol. The van der Waals surface area contributed by atoms with Gasteiger partial charge in [0.1, 0.15) is 23.7 Å². The van der Waals surface area contributed by atoms with Crippen LogP contribution in [0, 0.1) is 0 Å². The number of alkyl carbamates (subject to hydrolysis) is 1. The molecule has 2 amide bonds. The van der Waals surface area contributed by atoms with Gasteiger partial charge in [-0.05, 0) is 68.3 Å². The van der Waals surface area contributed by atoms with E-state index in [9.17, 15) is 14.2 Å². The third-order valence-electron chi connectivity index (χ3n) is 5.86. The van der Waals surface area contributed by atoms with Gasteiger partial charge in [-0.3, -0.25) is 5.32 Å². The Balaban J connectivity index is 1.59. The SMILES string of the molecule is CC(C)(C)OC(=O)Nc1ccc(CC(NC(=O)OCc2ccccc2)P(=O)(Oc2ccccc2)Oc2ccccc2)cc1. The molecule has 10 heteroatoms. The van der Waals surface area contributed by atoms with Crippen LogP contribution in [0.4, 0.5) is 15.3 Å². The van der Waals surface area contributed by atoms with Gasteiger partial charge in [0.25, 0.3) is 0 Å². The van der Waals surface area contributed by atoms with Gasteiger partial charge >= 0.3 is 19.8 Å². The minimum Gasteiger partial charge on any atom is -0.445 e. The first-order valence-corrected chi connectivity index (χ1v) is 15.3. The normalized spacial score (nSPS) is 12.0. The average molecular weight is 603 g/mol. The highest BCUT2D eigenvalue weighted by Gasteiger charge is 2.41. The third kappa shape index (κ3) is 10.2. The molecule has 0 aliphatic rings. The van der Waals surface area contributed by atoms with E-state index >= 15 is 0 Å². The van der Waals surface area contributed by atoms with Crippen LogP contribution >= 0.6 is 7.60 Å². The third-order valence-corrected chi connectivity index (χ3v) is 7.86. The fourth-order valence-corrected chi connectivity index (χ4v) is 5.73. The van der Waals surface area contributed by atoms with Crippen LogP contribution in [0.3, 0.4) is 0 Å². The summed E-state index contributed by atoms with van der Waals surface area (Å²) in [6.45, 7) is 5.36. The highest BCUT2D eigenvalue weighted by Crippen LogP contribution is 2.53. The van der Waals surface area contributed by atoms with E-state index in [0.717, 1.165) is 5.56 Å². The molecule has 1 unspecified atom stereocenters. The topological polar surface area (TPSA) is 112 Å². The molecule has 0 heterocycles. The smallest absolute Gasteiger partial charge is 0.445 e. The first-order chi connectivity index (χ1) is 20.6. The van der Waals surface area contributed by atoms with Gasteiger partial charge in [0.05, 0.1) is 0 Å². The number of rotatable bonds is 11. The summed E-state index contributed by atoms with van der Waals surface area (Å²) in [5.74, 6) is -0.535. The zero-order chi connectivity index (χ0) is 30.7. The van der Waals surface area contributed by atoms with E-state index in [-0.39, 0.29) is 13.0 Å². The largest absolute Gasteiger partial charge is 0.453 e. The predicted octanol–water partition coefficient (Wildman–Crippen LogP) is 8.18. The molecule has 0 radical (unpaired) electrons. The standard InChI is InChI=1S/C33H35N2O7P/c1-33(2,3)40-32(37)34-27-21-19-25(20-22-27)23-30(35-31(36)39-24-26-13-7-4-8-14-26)43(38,41-28-15-9-5-10-16-28)42-29-17-11-6-12-18-29/h4-22,30H,23-24H2,1-3H3,(H,34,37)(H,35,36). The summed E-state index contributed by atoms with van der Waals surface area (Å²) in [7, 11) is -4.15. The Morgan fingerprint density at radius 1 is 0.698 bits per heavy atom. The van der Waals surface area contributed by atoms with Gasteiger partial charge in [0.15, 0.2) is 5.78 Å². The summed E-state index contributed by atoms with van der Waals surface area (Å²) >= 11 is 0. The van der Waals surface area contributed by atoms with E-state index in [1.54, 1.807) is 106 Å². The van der Waals surface area contributed by atoms with Crippen molar-refractivity contribution in [3.05, 3.63) is 126 Å². The van der Waals surface area contributed by atoms with Crippen LogP contribution in [0.25, 0.3) is 0 Å². The molecule has 0 saturated carbocycles. The second-order valence-corrected chi connectivity index (χ2v) is 12.7. The highest BCUT2D eigenvalue weighted by molar-refractivity contribution is 7.55. The Morgan fingerprint density at radius 2 is 1.21 bits per heavy atom. The van der Waals surface area contributed by atoms with E-state index in [1.807, 2.05) is 30.3 Å². The van der Waals surface area contributed by atoms with Crippen LogP contribution < -0.4 is 19.7 Å². The van der Waals surface area contributed by atoms with Gasteiger partial charge in [0.2, 0.25) is 0 Å². The first kappa shape index (κ1) is 31.2. The summed E-state index contributed by atoms with van der Waals surface area (Å²) in [4.78, 5) is 25.2. The Kier molecular flexibility index (Phi) is 10.5. The minimum absolute atomic E-state index is 0.0216. The Morgan fingerprint density at radius 3 is 1.72 bits per heavy atom. The van der Waals surface area contributed by atoms with Crippen molar-refractivity contribution in [3.63, 3.8) is 0 Å². The molecule has 1 atom stereocenters. The maximum Gasteiger partial charge on any atom is 0.453 e. The van der Waals surface area contributed by atoms with E-state index in [4.69, 9.17) is 18.5 Å². The van der Waals surface area contributed by atoms with Crippen LogP contribution in [0.1, 0.15) is 31.9 Å². The zero-order valence-electron chi connectivity index (χ0n) is 24.3. The van der Waals surface area contributed by atoms with Crippen molar-refractivity contribution in [2.24, 2.45) is 0 Å². The van der Waals surface area contributed by atoms with Crippen LogP contribution in [0.15, 0.2) is 115 Å². The highest BCUT2D eigenvalue weighted by atomic mass is 31.2. The molecule has 0 aromatic heterocycles. The lowest BCUT2D eigenvalue weighted by atomic mass is 10.1. The molecule has 0 aliphatic carbocycles. The number of benzene rings is 4. The summed E-state index contributed by atoms with van der Waals surface area (Å²) in [6.07, 6.45) is -1.31. The fourth-order valence-electron chi connectivity index (χ4n) is 3.91. The molecule has 224 valence electrons. The zero-order valence-corrected chi connectivity index (χ0v) is 25.2. The Bertz CT molecular complexity index is 1460. The van der Waals surface area contributed by atoms with E-state index in [2.05, 4.69) is 10.6 Å². The molecule has 4 aromatic rings. The molecular weight excluding hydrogens is 567 g/mol. The number of anilines is 1. The summed E-state index contributed by atoms with van der Waals surface area (Å²) in [5, 5.41) is 5.41. The van der Waals surface area contributed by atoms with E-state index < -0.39 is 31.2 Å². The van der Waals surface area contributed by atoms with E-state index in [1.165, 1.54) is 0 Å². The minimum atomic E-state index is -4.15. The number of hydrogen-bond donors (Lipinski definition) is 2. The molecule has 0 aliphatic heterocycles. The van der Waals surface area contributed by atoms with Crippen molar-refractivity contribution >= 4 is 25.5 Å². The van der Waals surface area contributed by atoms with Crippen LogP contribution in [-0.4, -0.2) is 23.6 Å². The lowest BCUT2D eigenvalue weighted by Crippen LogP contribution is -2.39. The Labute approximate surface area is 251 Å². The number of carbonyl (C=O) groups is 2. The Hall–Kier alpha value is -4.75. The maximum absolute atomic E-state index is 14.6. The van der Waals surface area contributed by atoms with Crippen molar-refractivity contribution in [2.45, 2.75) is 45.2 Å². The number of amides is 2. The average Bonchev–Trinajstić information content (AvgIpc) is 2.97. The quantitative estimate of drug-likeness (QED) is 0.167. The second-order valence-electron chi connectivity index (χ2n) is 10.6. The number of ether oxygens (including phenoxy) is 2. The van der Waals surface area contributed by atoms with Gasteiger partial charge in [-0.2, -0.15) is 0 Å². The number of para-hydroxylation sites is 2. The van der Waals surface area contributed by atoms with E-state index in [0.29, 0.717) is 22.7 Å². The van der Waals surface area contributed by atoms with Crippen molar-refractivity contribution in [2.75, 3.05) is 5.32 Å². The molecule has 0 saturated heterocycles. The molecule has 0 spiro atoms. The monoisotopic (exact) mass is 602 g/mol. The molecular formula is C33H35N2O7P. The number of carbonyl (C=O) groups excluding carboxylic acids is 2. The summed E-state index contributed by atoms with van der Waals surface area (Å²) in [6, 6.07) is 33.3. The van der Waals surface area contributed by atoms with Crippen LogP contribution in [-0.2, 0) is 27.1 Å². The fraction of sp³-hybridized carbons (Fsp3) is 0.212. The summed E-state index contributed by atoms with van der Waals surface area (Å²) in [5.41, 5.74) is 1.36. The molecule has 4 rings (SSSR count). The van der Waals surface area contributed by atoms with Gasteiger partial charge < -0.3 is 23.8 Å². The molecule has 0 bridgehead atoms. The van der Waals surface area contributed by atoms with Gasteiger partial charge in [-0.25, -0.2) is 14.2 Å². The van der Waals surface area contributed by atoms with Crippen molar-refractivity contribution in [3.8, 4) is 11.5 Å². The molecule has 2 N–H and O–H groups in total. The van der Waals surface area contributed by atoms with Gasteiger partial charge in [0, 0.05) is 12.1 Å². The maximum atomic E-state index is 14.6. The van der Waals surface area contributed by atoms with Gasteiger partial charge in [-0.15, -0.1) is 0 Å². The lowest BCUT2D eigenvalue weighted by molar-refractivity contribution is 0.0635. The van der Waals surface area contributed by atoms with Crippen molar-refractivity contribution in [1.29, 1.82) is 0 Å². The van der Waals surface area contributed by atoms with Gasteiger partial charge in [-0.1, -0.05) is 78.9 Å². The summed E-state index contributed by atoms with van der Waals surface area (Å²) < 4.78 is 37.4. The number of hydrogen-bond acceptors (Lipinski definition) is 7. The van der Waals surface area contributed by atoms with Crippen LogP contribution in [0.2, 0.25) is 0 Å². The van der Waals surface area contributed by atoms with Crippen molar-refractivity contribution < 1.29 is 32.7 Å². The lowest BCUT2D eigenvalue weighted by Gasteiger charge is -2.28. The molecule has 9 nitrogen and oxygen atoms in total. The molecule has 43 heavy (non-hydrogen) atoms. The van der Waals surface area contributed by atoms with Crippen molar-refractivity contribution in [1.82, 2.24) is 5.32 Å². The van der Waals surface area contributed by atoms with Crippen LogP contribution in [0.5, 0.6) is 11.5 Å². The second kappa shape index (κ2) is 14.4. The number of nitrogens with one attached hydrogen (secondary N) is 2.